The minimum absolute atomic E-state index is 0.0737. The molecule has 0 aliphatic carbocycles. The minimum atomic E-state index is -4.47. The number of anilines is 2. The van der Waals surface area contributed by atoms with Gasteiger partial charge in [-0.15, -0.1) is 0 Å². The first kappa shape index (κ1) is 12.3. The van der Waals surface area contributed by atoms with E-state index in [1.54, 1.807) is 18.2 Å². The Labute approximate surface area is 102 Å². The number of hydrogen-bond donors (Lipinski definition) is 1. The third-order valence-electron chi connectivity index (χ3n) is 2.22. The molecular weight excluding hydrogens is 243 g/mol. The Bertz CT molecular complexity index is 552. The molecule has 94 valence electrons. The highest BCUT2D eigenvalue weighted by molar-refractivity contribution is 5.54. The number of nitrogens with zero attached hydrogens (tertiary/aromatic N) is 2. The Balaban J connectivity index is 2.25. The lowest BCUT2D eigenvalue weighted by Gasteiger charge is -2.08. The van der Waals surface area contributed by atoms with Crippen molar-refractivity contribution in [3.8, 4) is 0 Å². The molecule has 1 heterocycles. The Kier molecular flexibility index (Phi) is 3.18. The van der Waals surface area contributed by atoms with Crippen molar-refractivity contribution in [1.82, 2.24) is 9.97 Å². The number of alkyl halides is 3. The summed E-state index contributed by atoms with van der Waals surface area (Å²) in [7, 11) is 0. The van der Waals surface area contributed by atoms with Gasteiger partial charge in [-0.25, -0.2) is 9.97 Å². The third kappa shape index (κ3) is 2.97. The van der Waals surface area contributed by atoms with Crippen LogP contribution in [0.3, 0.4) is 0 Å². The summed E-state index contributed by atoms with van der Waals surface area (Å²) >= 11 is 0. The fourth-order valence-corrected chi connectivity index (χ4v) is 1.43. The highest BCUT2D eigenvalue weighted by Crippen LogP contribution is 2.28. The minimum Gasteiger partial charge on any atom is -0.324 e. The van der Waals surface area contributed by atoms with E-state index in [2.05, 4.69) is 15.3 Å². The molecule has 0 amide bonds. The Morgan fingerprint density at radius 3 is 2.61 bits per heavy atom. The molecule has 1 aromatic heterocycles. The Hall–Kier alpha value is -2.11. The molecule has 0 atom stereocenters. The average molecular weight is 253 g/mol. The van der Waals surface area contributed by atoms with Crippen molar-refractivity contribution in [2.45, 2.75) is 13.1 Å². The van der Waals surface area contributed by atoms with E-state index in [1.807, 2.05) is 13.0 Å². The summed E-state index contributed by atoms with van der Waals surface area (Å²) in [6.45, 7) is 1.89. The number of benzene rings is 1. The van der Waals surface area contributed by atoms with Crippen molar-refractivity contribution in [2.75, 3.05) is 5.32 Å². The summed E-state index contributed by atoms with van der Waals surface area (Å²) in [6, 6.07) is 8.05. The van der Waals surface area contributed by atoms with Crippen LogP contribution in [-0.2, 0) is 6.18 Å². The van der Waals surface area contributed by atoms with Crippen molar-refractivity contribution in [2.24, 2.45) is 0 Å². The van der Waals surface area contributed by atoms with E-state index >= 15 is 0 Å². The van der Waals surface area contributed by atoms with Crippen LogP contribution in [0.15, 0.2) is 36.5 Å². The van der Waals surface area contributed by atoms with Gasteiger partial charge in [-0.2, -0.15) is 13.2 Å². The standard InChI is InChI=1S/C12H10F3N3/c1-8-3-2-4-9(7-8)17-11-16-6-5-10(18-11)12(13,14)15/h2-7H,1H3,(H,16,17,18). The van der Waals surface area contributed by atoms with Crippen LogP contribution in [0.4, 0.5) is 24.8 Å². The molecule has 3 nitrogen and oxygen atoms in total. The number of aryl methyl sites for hydroxylation is 1. The molecule has 0 saturated heterocycles. The maximum atomic E-state index is 12.5. The summed E-state index contributed by atoms with van der Waals surface area (Å²) in [6.07, 6.45) is -3.39. The fraction of sp³-hybridized carbons (Fsp3) is 0.167. The molecule has 0 fully saturated rings. The van der Waals surface area contributed by atoms with Crippen LogP contribution in [0.5, 0.6) is 0 Å². The monoisotopic (exact) mass is 253 g/mol. The lowest BCUT2D eigenvalue weighted by atomic mass is 10.2. The summed E-state index contributed by atoms with van der Waals surface area (Å²) in [4.78, 5) is 7.18. The molecule has 2 rings (SSSR count). The van der Waals surface area contributed by atoms with E-state index < -0.39 is 11.9 Å². The molecule has 0 saturated carbocycles. The van der Waals surface area contributed by atoms with Crippen molar-refractivity contribution in [3.05, 3.63) is 47.8 Å². The van der Waals surface area contributed by atoms with Crippen molar-refractivity contribution in [3.63, 3.8) is 0 Å². The van der Waals surface area contributed by atoms with Gasteiger partial charge in [0.05, 0.1) is 0 Å². The van der Waals surface area contributed by atoms with Crippen molar-refractivity contribution in [1.29, 1.82) is 0 Å². The zero-order valence-electron chi connectivity index (χ0n) is 9.49. The maximum Gasteiger partial charge on any atom is 0.433 e. The topological polar surface area (TPSA) is 37.8 Å². The zero-order chi connectivity index (χ0) is 13.2. The highest BCUT2D eigenvalue weighted by Gasteiger charge is 2.32. The van der Waals surface area contributed by atoms with Gasteiger partial charge in [0.1, 0.15) is 5.69 Å². The van der Waals surface area contributed by atoms with Crippen LogP contribution in [-0.4, -0.2) is 9.97 Å². The van der Waals surface area contributed by atoms with E-state index in [0.717, 1.165) is 17.8 Å². The lowest BCUT2D eigenvalue weighted by Crippen LogP contribution is -2.10. The van der Waals surface area contributed by atoms with E-state index in [-0.39, 0.29) is 5.95 Å². The molecule has 0 unspecified atom stereocenters. The summed E-state index contributed by atoms with van der Waals surface area (Å²) in [5.74, 6) is -0.0737. The second-order valence-corrected chi connectivity index (χ2v) is 3.76. The van der Waals surface area contributed by atoms with Crippen LogP contribution in [0.1, 0.15) is 11.3 Å². The Morgan fingerprint density at radius 2 is 1.94 bits per heavy atom. The number of nitrogens with one attached hydrogen (secondary N) is 1. The van der Waals surface area contributed by atoms with Gasteiger partial charge < -0.3 is 5.32 Å². The van der Waals surface area contributed by atoms with Gasteiger partial charge >= 0.3 is 6.18 Å². The molecule has 0 aliphatic heterocycles. The van der Waals surface area contributed by atoms with Crippen molar-refractivity contribution >= 4 is 11.6 Å². The average Bonchev–Trinajstić information content (AvgIpc) is 2.28. The molecule has 0 aliphatic rings. The Morgan fingerprint density at radius 1 is 1.17 bits per heavy atom. The van der Waals surface area contributed by atoms with Crippen LogP contribution < -0.4 is 5.32 Å². The molecule has 0 spiro atoms. The zero-order valence-corrected chi connectivity index (χ0v) is 9.49. The third-order valence-corrected chi connectivity index (χ3v) is 2.22. The first-order valence-corrected chi connectivity index (χ1v) is 5.19. The van der Waals surface area contributed by atoms with E-state index in [4.69, 9.17) is 0 Å². The summed E-state index contributed by atoms with van der Waals surface area (Å²) in [5.41, 5.74) is 0.675. The predicted octanol–water partition coefficient (Wildman–Crippen LogP) is 3.55. The van der Waals surface area contributed by atoms with Gasteiger partial charge in [0.15, 0.2) is 0 Å². The molecule has 6 heteroatoms. The molecule has 1 aromatic carbocycles. The predicted molar refractivity (Wildman–Crippen MR) is 61.5 cm³/mol. The largest absolute Gasteiger partial charge is 0.433 e. The second kappa shape index (κ2) is 4.64. The maximum absolute atomic E-state index is 12.5. The molecule has 1 N–H and O–H groups in total. The van der Waals surface area contributed by atoms with E-state index in [9.17, 15) is 13.2 Å². The quantitative estimate of drug-likeness (QED) is 0.889. The number of aromatic nitrogens is 2. The van der Waals surface area contributed by atoms with Crippen LogP contribution in [0.25, 0.3) is 0 Å². The number of halogens is 3. The first-order valence-electron chi connectivity index (χ1n) is 5.19. The van der Waals surface area contributed by atoms with Crippen molar-refractivity contribution < 1.29 is 13.2 Å². The SMILES string of the molecule is Cc1cccc(Nc2nccc(C(F)(F)F)n2)c1. The first-order chi connectivity index (χ1) is 8.45. The van der Waals surface area contributed by atoms with Gasteiger partial charge in [0, 0.05) is 11.9 Å². The normalized spacial score (nSPS) is 11.3. The second-order valence-electron chi connectivity index (χ2n) is 3.76. The summed E-state index contributed by atoms with van der Waals surface area (Å²) < 4.78 is 37.4. The fourth-order valence-electron chi connectivity index (χ4n) is 1.43. The van der Waals surface area contributed by atoms with Gasteiger partial charge in [0.25, 0.3) is 0 Å². The van der Waals surface area contributed by atoms with Crippen LogP contribution >= 0.6 is 0 Å². The van der Waals surface area contributed by atoms with E-state index in [0.29, 0.717) is 5.69 Å². The lowest BCUT2D eigenvalue weighted by molar-refractivity contribution is -0.141. The van der Waals surface area contributed by atoms with Crippen LogP contribution in [0.2, 0.25) is 0 Å². The highest BCUT2D eigenvalue weighted by atomic mass is 19.4. The van der Waals surface area contributed by atoms with E-state index in [1.165, 1.54) is 0 Å². The van der Waals surface area contributed by atoms with Gasteiger partial charge in [0.2, 0.25) is 5.95 Å². The molecule has 18 heavy (non-hydrogen) atoms. The number of hydrogen-bond acceptors (Lipinski definition) is 3. The summed E-state index contributed by atoms with van der Waals surface area (Å²) in [5, 5.41) is 2.74. The number of rotatable bonds is 2. The van der Waals surface area contributed by atoms with Gasteiger partial charge in [-0.1, -0.05) is 12.1 Å². The van der Waals surface area contributed by atoms with Gasteiger partial charge in [-0.05, 0) is 30.7 Å². The molecule has 2 aromatic rings. The molecule has 0 bridgehead atoms. The van der Waals surface area contributed by atoms with Crippen LogP contribution in [0, 0.1) is 6.92 Å². The smallest absolute Gasteiger partial charge is 0.324 e. The molecule has 0 radical (unpaired) electrons. The molecular formula is C12H10F3N3. The van der Waals surface area contributed by atoms with Gasteiger partial charge in [-0.3, -0.25) is 0 Å².